The van der Waals surface area contributed by atoms with E-state index in [0.29, 0.717) is 4.73 Å². The van der Waals surface area contributed by atoms with Crippen LogP contribution in [-0.4, -0.2) is 51.1 Å². The first-order valence-electron chi connectivity index (χ1n) is 15.9. The number of hydrogen-bond acceptors (Lipinski definition) is 9. The zero-order valence-electron chi connectivity index (χ0n) is 27.4. The molecule has 2 atom stereocenters. The van der Waals surface area contributed by atoms with E-state index in [1.807, 2.05) is 0 Å². The Balaban J connectivity index is 1.32. The summed E-state index contributed by atoms with van der Waals surface area (Å²) in [7, 11) is -4.45. The fourth-order valence-corrected chi connectivity index (χ4v) is 6.87. The first kappa shape index (κ1) is 39.2. The van der Waals surface area contributed by atoms with Crippen LogP contribution in [0.3, 0.4) is 0 Å². The summed E-state index contributed by atoms with van der Waals surface area (Å²) >= 11 is 12.6. The molecule has 1 amide bonds. The summed E-state index contributed by atoms with van der Waals surface area (Å²) < 4.78 is 71.2. The molecule has 2 unspecified atom stereocenters. The minimum atomic E-state index is -4.45. The van der Waals surface area contributed by atoms with E-state index in [1.165, 1.54) is 42.5 Å². The molecule has 0 bridgehead atoms. The number of nitrogens with zero attached hydrogens (tertiary/aromatic N) is 1. The van der Waals surface area contributed by atoms with Crippen LogP contribution in [0.1, 0.15) is 52.0 Å². The maximum atomic E-state index is 13.2. The van der Waals surface area contributed by atoms with Crippen molar-refractivity contribution < 1.29 is 55.6 Å². The first-order chi connectivity index (χ1) is 25.2. The number of aliphatic carboxylic acids is 1. The maximum Gasteiger partial charge on any atom is 0.387 e. The lowest BCUT2D eigenvalue weighted by molar-refractivity contribution is -0.605. The Morgan fingerprint density at radius 3 is 2.28 bits per heavy atom. The number of amides is 1. The van der Waals surface area contributed by atoms with Gasteiger partial charge < -0.3 is 29.8 Å². The second kappa shape index (κ2) is 17.2. The number of alkyl halides is 2. The van der Waals surface area contributed by atoms with Gasteiger partial charge in [-0.1, -0.05) is 65.7 Å². The quantitative estimate of drug-likeness (QED) is 0.0713. The SMILES string of the molecule is O=C(CNC(=O)c1cccc(S(=O)(=O)NC(C(=O)O)c2ccccc2)c1)OC(Cc1c(Cl)c[n+]([O-])cc1Cl)c1ccc(OC(F)F)c(OCC2CC2)c1. The van der Waals surface area contributed by atoms with Gasteiger partial charge in [0.1, 0.15) is 28.7 Å². The molecule has 0 saturated heterocycles. The molecule has 4 aromatic rings. The number of benzene rings is 3. The van der Waals surface area contributed by atoms with Crippen LogP contribution in [0.2, 0.25) is 10.0 Å². The summed E-state index contributed by atoms with van der Waals surface area (Å²) in [5.41, 5.74) is 0.479. The molecular weight excluding hydrogens is 763 g/mol. The summed E-state index contributed by atoms with van der Waals surface area (Å²) in [6.07, 6.45) is 2.52. The molecule has 13 nitrogen and oxygen atoms in total. The molecule has 1 aliphatic rings. The van der Waals surface area contributed by atoms with E-state index in [4.69, 9.17) is 32.7 Å². The summed E-state index contributed by atoms with van der Waals surface area (Å²) in [5.74, 6) is -3.32. The van der Waals surface area contributed by atoms with E-state index in [1.54, 1.807) is 18.2 Å². The molecule has 1 saturated carbocycles. The third kappa shape index (κ3) is 10.8. The zero-order chi connectivity index (χ0) is 38.3. The average molecular weight is 795 g/mol. The van der Waals surface area contributed by atoms with Crippen molar-refractivity contribution in [2.75, 3.05) is 13.2 Å². The number of carboxylic acid groups (broad SMARTS) is 1. The first-order valence-corrected chi connectivity index (χ1v) is 18.1. The summed E-state index contributed by atoms with van der Waals surface area (Å²) in [5, 5.41) is 23.8. The molecule has 1 fully saturated rings. The fourth-order valence-electron chi connectivity index (χ4n) is 5.05. The number of esters is 1. The van der Waals surface area contributed by atoms with Crippen molar-refractivity contribution in [3.63, 3.8) is 0 Å². The Labute approximate surface area is 312 Å². The van der Waals surface area contributed by atoms with Crippen molar-refractivity contribution >= 4 is 51.1 Å². The van der Waals surface area contributed by atoms with E-state index in [2.05, 4.69) is 14.8 Å². The lowest BCUT2D eigenvalue weighted by Crippen LogP contribution is -2.34. The number of carboxylic acids is 1. The van der Waals surface area contributed by atoms with Crippen LogP contribution in [0.25, 0.3) is 0 Å². The monoisotopic (exact) mass is 793 g/mol. The van der Waals surface area contributed by atoms with Crippen LogP contribution in [0.15, 0.2) is 90.1 Å². The number of carbonyl (C=O) groups is 3. The average Bonchev–Trinajstić information content (AvgIpc) is 3.95. The number of pyridine rings is 1. The second-order valence-corrected chi connectivity index (χ2v) is 14.4. The van der Waals surface area contributed by atoms with Crippen LogP contribution in [0, 0.1) is 11.1 Å². The van der Waals surface area contributed by atoms with Gasteiger partial charge in [0, 0.05) is 17.5 Å². The van der Waals surface area contributed by atoms with E-state index in [9.17, 15) is 41.9 Å². The molecule has 1 aliphatic carbocycles. The van der Waals surface area contributed by atoms with Crippen LogP contribution in [0.5, 0.6) is 11.5 Å². The standard InChI is InChI=1S/C35H31Cl2F2N3O10S/c36-26-17-42(47)18-27(37)25(26)15-29(22-11-12-28(52-35(38)39)30(14-22)50-19-20-9-10-20)51-31(43)16-40-33(44)23-7-4-8-24(13-23)53(48,49)41-32(34(45)46)21-5-2-1-3-6-21/h1-8,11-14,17-18,20,29,32,35,41H,9-10,15-16,19H2,(H,40,44)(H,45,46). The molecule has 3 aromatic carbocycles. The smallest absolute Gasteiger partial charge is 0.387 e. The molecule has 1 heterocycles. The molecular formula is C35H31Cl2F2N3O10S. The third-order valence-corrected chi connectivity index (χ3v) is 9.97. The highest BCUT2D eigenvalue weighted by Crippen LogP contribution is 2.38. The topological polar surface area (TPSA) is 184 Å². The van der Waals surface area contributed by atoms with Crippen molar-refractivity contribution in [1.82, 2.24) is 10.0 Å². The fraction of sp³-hybridized carbons (Fsp3) is 0.257. The number of carbonyl (C=O) groups excluding carboxylic acids is 2. The van der Waals surface area contributed by atoms with Gasteiger partial charge in [-0.15, -0.1) is 0 Å². The minimum Gasteiger partial charge on any atom is -0.619 e. The maximum absolute atomic E-state index is 13.2. The molecule has 18 heteroatoms. The highest BCUT2D eigenvalue weighted by molar-refractivity contribution is 7.89. The molecule has 280 valence electrons. The number of hydrogen-bond donors (Lipinski definition) is 3. The number of rotatable bonds is 17. The van der Waals surface area contributed by atoms with Gasteiger partial charge in [0.2, 0.25) is 10.0 Å². The number of sulfonamides is 1. The van der Waals surface area contributed by atoms with Crippen LogP contribution >= 0.6 is 23.2 Å². The van der Waals surface area contributed by atoms with Crippen LogP contribution in [-0.2, 0) is 30.8 Å². The Kier molecular flexibility index (Phi) is 12.7. The molecule has 53 heavy (non-hydrogen) atoms. The Hall–Kier alpha value is -5.03. The van der Waals surface area contributed by atoms with E-state index < -0.39 is 58.1 Å². The summed E-state index contributed by atoms with van der Waals surface area (Å²) in [4.78, 5) is 37.7. The second-order valence-electron chi connectivity index (χ2n) is 11.8. The van der Waals surface area contributed by atoms with Gasteiger partial charge >= 0.3 is 18.6 Å². The number of halogens is 4. The van der Waals surface area contributed by atoms with E-state index in [0.717, 1.165) is 37.4 Å². The van der Waals surface area contributed by atoms with Crippen molar-refractivity contribution in [3.05, 3.63) is 123 Å². The van der Waals surface area contributed by atoms with Crippen molar-refractivity contribution in [3.8, 4) is 11.5 Å². The van der Waals surface area contributed by atoms with Gasteiger partial charge in [-0.2, -0.15) is 18.2 Å². The van der Waals surface area contributed by atoms with Gasteiger partial charge in [0.15, 0.2) is 23.9 Å². The van der Waals surface area contributed by atoms with Crippen molar-refractivity contribution in [1.29, 1.82) is 0 Å². The number of aromatic nitrogens is 1. The summed E-state index contributed by atoms with van der Waals surface area (Å²) in [6, 6.07) is 14.7. The summed E-state index contributed by atoms with van der Waals surface area (Å²) in [6.45, 7) is -3.62. The van der Waals surface area contributed by atoms with E-state index >= 15 is 0 Å². The third-order valence-electron chi connectivity index (χ3n) is 7.90. The molecule has 1 aromatic heterocycles. The van der Waals surface area contributed by atoms with Crippen molar-refractivity contribution in [2.24, 2.45) is 5.92 Å². The predicted octanol–water partition coefficient (Wildman–Crippen LogP) is 5.38. The lowest BCUT2D eigenvalue weighted by atomic mass is 10.0. The normalized spacial score (nSPS) is 13.9. The van der Waals surface area contributed by atoms with Gasteiger partial charge in [0.25, 0.3) is 5.91 Å². The zero-order valence-corrected chi connectivity index (χ0v) is 29.7. The Bertz CT molecular complexity index is 2070. The molecule has 0 aliphatic heterocycles. The van der Waals surface area contributed by atoms with Gasteiger partial charge in [-0.25, -0.2) is 8.42 Å². The molecule has 0 radical (unpaired) electrons. The van der Waals surface area contributed by atoms with Crippen LogP contribution in [0.4, 0.5) is 8.78 Å². The highest BCUT2D eigenvalue weighted by Gasteiger charge is 2.29. The number of nitrogens with one attached hydrogen (secondary N) is 2. The van der Waals surface area contributed by atoms with Crippen LogP contribution < -0.4 is 24.2 Å². The largest absolute Gasteiger partial charge is 0.619 e. The van der Waals surface area contributed by atoms with Gasteiger partial charge in [-0.05, 0) is 60.2 Å². The van der Waals surface area contributed by atoms with Gasteiger partial charge in [0.05, 0.1) is 11.5 Å². The highest BCUT2D eigenvalue weighted by atomic mass is 35.5. The minimum absolute atomic E-state index is 0.0329. The Morgan fingerprint density at radius 1 is 0.943 bits per heavy atom. The Morgan fingerprint density at radius 2 is 1.64 bits per heavy atom. The van der Waals surface area contributed by atoms with Gasteiger partial charge in [-0.3, -0.25) is 14.4 Å². The molecule has 3 N–H and O–H groups in total. The predicted molar refractivity (Wildman–Crippen MR) is 185 cm³/mol. The number of ether oxygens (including phenoxy) is 3. The van der Waals surface area contributed by atoms with E-state index in [-0.39, 0.29) is 62.7 Å². The lowest BCUT2D eigenvalue weighted by Gasteiger charge is -2.21. The molecule has 0 spiro atoms. The molecule has 5 rings (SSSR count). The van der Waals surface area contributed by atoms with Crippen molar-refractivity contribution in [2.45, 2.75) is 42.9 Å².